The highest BCUT2D eigenvalue weighted by atomic mass is 16.4. The number of hydrogen-bond acceptors (Lipinski definition) is 3. The number of hydrogen-bond donors (Lipinski definition) is 1. The maximum atomic E-state index is 5.75. The molecule has 0 aliphatic heterocycles. The third-order valence-electron chi connectivity index (χ3n) is 4.57. The number of aromatic nitrogens is 1. The summed E-state index contributed by atoms with van der Waals surface area (Å²) in [5.74, 6) is 0. The SMILES string of the molecule is c1ccc(C2(CNc3nc4ccccc4o3)CCC2)cc1. The van der Waals surface area contributed by atoms with Crippen molar-refractivity contribution >= 4 is 17.1 Å². The summed E-state index contributed by atoms with van der Waals surface area (Å²) in [5.41, 5.74) is 3.40. The van der Waals surface area contributed by atoms with Crippen LogP contribution in [0.3, 0.4) is 0 Å². The van der Waals surface area contributed by atoms with E-state index >= 15 is 0 Å². The van der Waals surface area contributed by atoms with Crippen LogP contribution in [0.4, 0.5) is 6.01 Å². The molecule has 0 radical (unpaired) electrons. The molecule has 3 heteroatoms. The van der Waals surface area contributed by atoms with Crippen molar-refractivity contribution in [2.24, 2.45) is 0 Å². The average molecular weight is 278 g/mol. The van der Waals surface area contributed by atoms with Gasteiger partial charge in [-0.3, -0.25) is 0 Å². The van der Waals surface area contributed by atoms with Crippen molar-refractivity contribution in [1.82, 2.24) is 4.98 Å². The Morgan fingerprint density at radius 2 is 1.76 bits per heavy atom. The summed E-state index contributed by atoms with van der Waals surface area (Å²) in [6.45, 7) is 0.879. The van der Waals surface area contributed by atoms with E-state index in [2.05, 4.69) is 40.6 Å². The zero-order chi connectivity index (χ0) is 14.1. The van der Waals surface area contributed by atoms with Crippen LogP contribution >= 0.6 is 0 Å². The van der Waals surface area contributed by atoms with Gasteiger partial charge in [0, 0.05) is 12.0 Å². The van der Waals surface area contributed by atoms with Crippen molar-refractivity contribution in [2.45, 2.75) is 24.7 Å². The second kappa shape index (κ2) is 4.92. The fourth-order valence-corrected chi connectivity index (χ4v) is 3.16. The Kier molecular flexibility index (Phi) is 2.92. The van der Waals surface area contributed by atoms with Gasteiger partial charge in [-0.2, -0.15) is 4.98 Å². The van der Waals surface area contributed by atoms with Gasteiger partial charge in [0.25, 0.3) is 6.01 Å². The summed E-state index contributed by atoms with van der Waals surface area (Å²) >= 11 is 0. The maximum absolute atomic E-state index is 5.75. The van der Waals surface area contributed by atoms with Crippen LogP contribution in [0.25, 0.3) is 11.1 Å². The molecule has 3 nitrogen and oxygen atoms in total. The number of para-hydroxylation sites is 2. The van der Waals surface area contributed by atoms with Gasteiger partial charge in [-0.1, -0.05) is 48.9 Å². The topological polar surface area (TPSA) is 38.1 Å². The van der Waals surface area contributed by atoms with Gasteiger partial charge in [0.15, 0.2) is 5.58 Å². The zero-order valence-corrected chi connectivity index (χ0v) is 11.9. The standard InChI is InChI=1S/C18H18N2O/c1-2-7-14(8-3-1)18(11-6-12-18)13-19-17-20-15-9-4-5-10-16(15)21-17/h1-5,7-10H,6,11-13H2,(H,19,20). The van der Waals surface area contributed by atoms with Gasteiger partial charge in [-0.05, 0) is 30.5 Å². The first-order valence-corrected chi connectivity index (χ1v) is 7.51. The first kappa shape index (κ1) is 12.5. The monoisotopic (exact) mass is 278 g/mol. The molecule has 0 unspecified atom stereocenters. The van der Waals surface area contributed by atoms with Crippen LogP contribution < -0.4 is 5.32 Å². The van der Waals surface area contributed by atoms with Crippen LogP contribution in [0.15, 0.2) is 59.0 Å². The molecule has 1 saturated carbocycles. The lowest BCUT2D eigenvalue weighted by atomic mass is 9.64. The number of nitrogens with zero attached hydrogens (tertiary/aromatic N) is 1. The predicted molar refractivity (Wildman–Crippen MR) is 84.5 cm³/mol. The van der Waals surface area contributed by atoms with Crippen LogP contribution in [0.2, 0.25) is 0 Å². The molecule has 106 valence electrons. The van der Waals surface area contributed by atoms with Gasteiger partial charge in [0.1, 0.15) is 5.52 Å². The molecule has 0 saturated heterocycles. The van der Waals surface area contributed by atoms with Crippen molar-refractivity contribution in [3.63, 3.8) is 0 Å². The van der Waals surface area contributed by atoms with Crippen molar-refractivity contribution in [1.29, 1.82) is 0 Å². The Bertz CT molecular complexity index is 711. The molecule has 1 aromatic heterocycles. The van der Waals surface area contributed by atoms with E-state index in [1.807, 2.05) is 24.3 Å². The van der Waals surface area contributed by atoms with E-state index in [1.54, 1.807) is 0 Å². The molecule has 21 heavy (non-hydrogen) atoms. The highest BCUT2D eigenvalue weighted by Crippen LogP contribution is 2.43. The van der Waals surface area contributed by atoms with E-state index in [1.165, 1.54) is 24.8 Å². The average Bonchev–Trinajstić information content (AvgIpc) is 2.90. The van der Waals surface area contributed by atoms with Crippen LogP contribution in [0, 0.1) is 0 Å². The fourth-order valence-electron chi connectivity index (χ4n) is 3.16. The van der Waals surface area contributed by atoms with Gasteiger partial charge in [0.05, 0.1) is 0 Å². The van der Waals surface area contributed by atoms with E-state index in [0.29, 0.717) is 6.01 Å². The molecule has 1 heterocycles. The predicted octanol–water partition coefficient (Wildman–Crippen LogP) is 4.36. The molecule has 2 aromatic carbocycles. The summed E-state index contributed by atoms with van der Waals surface area (Å²) in [6, 6.07) is 19.3. The summed E-state index contributed by atoms with van der Waals surface area (Å²) < 4.78 is 5.75. The van der Waals surface area contributed by atoms with Crippen molar-refractivity contribution in [2.75, 3.05) is 11.9 Å². The van der Waals surface area contributed by atoms with Crippen molar-refractivity contribution in [3.8, 4) is 0 Å². The van der Waals surface area contributed by atoms with E-state index in [-0.39, 0.29) is 5.41 Å². The minimum absolute atomic E-state index is 0.238. The summed E-state index contributed by atoms with van der Waals surface area (Å²) in [7, 11) is 0. The van der Waals surface area contributed by atoms with E-state index in [0.717, 1.165) is 17.6 Å². The molecule has 0 spiro atoms. The third-order valence-corrected chi connectivity index (χ3v) is 4.57. The van der Waals surface area contributed by atoms with Crippen molar-refractivity contribution in [3.05, 3.63) is 60.2 Å². The molecule has 1 fully saturated rings. The van der Waals surface area contributed by atoms with Gasteiger partial charge in [0.2, 0.25) is 0 Å². The zero-order valence-electron chi connectivity index (χ0n) is 11.9. The molecule has 0 atom stereocenters. The van der Waals surface area contributed by atoms with E-state index in [4.69, 9.17) is 4.42 Å². The number of fused-ring (bicyclic) bond motifs is 1. The summed E-state index contributed by atoms with van der Waals surface area (Å²) in [6.07, 6.45) is 3.75. The Balaban J connectivity index is 1.55. The van der Waals surface area contributed by atoms with Gasteiger partial charge in [-0.15, -0.1) is 0 Å². The number of anilines is 1. The molecular weight excluding hydrogens is 260 g/mol. The molecule has 0 amide bonds. The van der Waals surface area contributed by atoms with Gasteiger partial charge < -0.3 is 9.73 Å². The second-order valence-corrected chi connectivity index (χ2v) is 5.84. The highest BCUT2D eigenvalue weighted by Gasteiger charge is 2.38. The van der Waals surface area contributed by atoms with Crippen LogP contribution in [-0.4, -0.2) is 11.5 Å². The molecule has 1 N–H and O–H groups in total. The lowest BCUT2D eigenvalue weighted by molar-refractivity contribution is 0.259. The first-order chi connectivity index (χ1) is 10.4. The number of rotatable bonds is 4. The van der Waals surface area contributed by atoms with Gasteiger partial charge >= 0.3 is 0 Å². The van der Waals surface area contributed by atoms with Crippen LogP contribution in [0.1, 0.15) is 24.8 Å². The second-order valence-electron chi connectivity index (χ2n) is 5.84. The number of benzene rings is 2. The largest absolute Gasteiger partial charge is 0.424 e. The fraction of sp³-hybridized carbons (Fsp3) is 0.278. The Hall–Kier alpha value is -2.29. The molecule has 0 bridgehead atoms. The molecular formula is C18H18N2O. The Morgan fingerprint density at radius 3 is 2.48 bits per heavy atom. The quantitative estimate of drug-likeness (QED) is 0.770. The Morgan fingerprint density at radius 1 is 1.00 bits per heavy atom. The van der Waals surface area contributed by atoms with Gasteiger partial charge in [-0.25, -0.2) is 0 Å². The van der Waals surface area contributed by atoms with Crippen LogP contribution in [0.5, 0.6) is 0 Å². The normalized spacial score (nSPS) is 16.6. The minimum atomic E-state index is 0.238. The molecule has 1 aliphatic carbocycles. The summed E-state index contributed by atoms with van der Waals surface area (Å²) in [5, 5.41) is 3.40. The first-order valence-electron chi connectivity index (χ1n) is 7.51. The molecule has 1 aliphatic rings. The number of nitrogens with one attached hydrogen (secondary N) is 1. The third kappa shape index (κ3) is 2.19. The molecule has 4 rings (SSSR count). The minimum Gasteiger partial charge on any atom is -0.424 e. The lowest BCUT2D eigenvalue weighted by Gasteiger charge is -2.42. The van der Waals surface area contributed by atoms with Crippen molar-refractivity contribution < 1.29 is 4.42 Å². The summed E-state index contributed by atoms with van der Waals surface area (Å²) in [4.78, 5) is 4.49. The maximum Gasteiger partial charge on any atom is 0.295 e. The smallest absolute Gasteiger partial charge is 0.295 e. The lowest BCUT2D eigenvalue weighted by Crippen LogP contribution is -2.40. The number of oxazole rings is 1. The van der Waals surface area contributed by atoms with E-state index < -0.39 is 0 Å². The van der Waals surface area contributed by atoms with Crippen LogP contribution in [-0.2, 0) is 5.41 Å². The van der Waals surface area contributed by atoms with E-state index in [9.17, 15) is 0 Å². The highest BCUT2D eigenvalue weighted by molar-refractivity contribution is 5.74. The Labute approximate surface area is 124 Å². The molecule has 3 aromatic rings.